The van der Waals surface area contributed by atoms with E-state index in [1.165, 1.54) is 31.2 Å². The molecule has 0 aromatic carbocycles. The molecule has 1 saturated heterocycles. The van der Waals surface area contributed by atoms with Gasteiger partial charge < -0.3 is 15.0 Å². The molecule has 1 aromatic heterocycles. The molecule has 2 aliphatic rings. The molecule has 1 N–H and O–H groups in total. The zero-order valence-corrected chi connectivity index (χ0v) is 10.9. The van der Waals surface area contributed by atoms with Crippen molar-refractivity contribution in [2.45, 2.75) is 38.8 Å². The highest BCUT2D eigenvalue weighted by atomic mass is 16.5. The Morgan fingerprint density at radius 3 is 2.56 bits per heavy atom. The maximum atomic E-state index is 5.23. The SMILES string of the molecule is COc1nc2c(c(N3CCCCCC3)n1)CNC2. The van der Waals surface area contributed by atoms with Crippen molar-refractivity contribution in [3.8, 4) is 6.01 Å². The summed E-state index contributed by atoms with van der Waals surface area (Å²) in [5, 5.41) is 3.35. The van der Waals surface area contributed by atoms with Gasteiger partial charge >= 0.3 is 6.01 Å². The number of fused-ring (bicyclic) bond motifs is 1. The van der Waals surface area contributed by atoms with Gasteiger partial charge in [-0.3, -0.25) is 0 Å². The molecule has 0 radical (unpaired) electrons. The van der Waals surface area contributed by atoms with Gasteiger partial charge in [-0.05, 0) is 12.8 Å². The molecule has 1 fully saturated rings. The van der Waals surface area contributed by atoms with Crippen LogP contribution in [-0.4, -0.2) is 30.2 Å². The lowest BCUT2D eigenvalue weighted by molar-refractivity contribution is 0.378. The number of hydrogen-bond donors (Lipinski definition) is 1. The number of nitrogens with zero attached hydrogens (tertiary/aromatic N) is 3. The van der Waals surface area contributed by atoms with Crippen LogP contribution in [0.4, 0.5) is 5.82 Å². The first kappa shape index (κ1) is 11.7. The number of ether oxygens (including phenoxy) is 1. The Balaban J connectivity index is 1.96. The second-order valence-corrected chi connectivity index (χ2v) is 4.96. The number of aromatic nitrogens is 2. The minimum atomic E-state index is 0.497. The summed E-state index contributed by atoms with van der Waals surface area (Å²) in [6.07, 6.45) is 5.18. The zero-order valence-electron chi connectivity index (χ0n) is 10.9. The molecule has 0 unspecified atom stereocenters. The van der Waals surface area contributed by atoms with Gasteiger partial charge in [-0.1, -0.05) is 12.8 Å². The first-order valence-electron chi connectivity index (χ1n) is 6.78. The van der Waals surface area contributed by atoms with Crippen LogP contribution in [0.1, 0.15) is 36.9 Å². The van der Waals surface area contributed by atoms with E-state index in [0.717, 1.165) is 37.7 Å². The predicted molar refractivity (Wildman–Crippen MR) is 69.8 cm³/mol. The van der Waals surface area contributed by atoms with E-state index in [-0.39, 0.29) is 0 Å². The quantitative estimate of drug-likeness (QED) is 0.859. The summed E-state index contributed by atoms with van der Waals surface area (Å²) < 4.78 is 5.23. The van der Waals surface area contributed by atoms with Crippen molar-refractivity contribution in [3.63, 3.8) is 0 Å². The monoisotopic (exact) mass is 248 g/mol. The van der Waals surface area contributed by atoms with Crippen molar-refractivity contribution in [1.82, 2.24) is 15.3 Å². The Kier molecular flexibility index (Phi) is 3.32. The molecular weight excluding hydrogens is 228 g/mol. The molecule has 18 heavy (non-hydrogen) atoms. The van der Waals surface area contributed by atoms with Gasteiger partial charge in [-0.2, -0.15) is 9.97 Å². The van der Waals surface area contributed by atoms with Gasteiger partial charge in [-0.25, -0.2) is 0 Å². The highest BCUT2D eigenvalue weighted by Crippen LogP contribution is 2.28. The van der Waals surface area contributed by atoms with Crippen molar-refractivity contribution in [1.29, 1.82) is 0 Å². The summed E-state index contributed by atoms with van der Waals surface area (Å²) in [6.45, 7) is 3.92. The van der Waals surface area contributed by atoms with Crippen molar-refractivity contribution >= 4 is 5.82 Å². The van der Waals surface area contributed by atoms with Crippen LogP contribution < -0.4 is 15.0 Å². The van der Waals surface area contributed by atoms with E-state index in [2.05, 4.69) is 20.2 Å². The smallest absolute Gasteiger partial charge is 0.318 e. The van der Waals surface area contributed by atoms with Crippen molar-refractivity contribution in [2.75, 3.05) is 25.1 Å². The third kappa shape index (κ3) is 2.14. The summed E-state index contributed by atoms with van der Waals surface area (Å²) in [6, 6.07) is 0.497. The van der Waals surface area contributed by atoms with Crippen LogP contribution in [-0.2, 0) is 13.1 Å². The van der Waals surface area contributed by atoms with Gasteiger partial charge in [0.1, 0.15) is 5.82 Å². The van der Waals surface area contributed by atoms with Gasteiger partial charge in [0.2, 0.25) is 0 Å². The number of nitrogens with one attached hydrogen (secondary N) is 1. The van der Waals surface area contributed by atoms with Crippen LogP contribution in [0, 0.1) is 0 Å². The van der Waals surface area contributed by atoms with E-state index in [1.54, 1.807) is 7.11 Å². The Morgan fingerprint density at radius 1 is 1.06 bits per heavy atom. The first-order valence-corrected chi connectivity index (χ1v) is 6.78. The summed E-state index contributed by atoms with van der Waals surface area (Å²) in [4.78, 5) is 11.4. The lowest BCUT2D eigenvalue weighted by Crippen LogP contribution is -2.26. The second-order valence-electron chi connectivity index (χ2n) is 4.96. The summed E-state index contributed by atoms with van der Waals surface area (Å²) in [5.74, 6) is 1.09. The fourth-order valence-corrected chi connectivity index (χ4v) is 2.76. The molecule has 0 aliphatic carbocycles. The molecule has 0 amide bonds. The second kappa shape index (κ2) is 5.10. The average Bonchev–Trinajstić information content (AvgIpc) is 2.70. The molecule has 3 heterocycles. The molecule has 98 valence electrons. The molecule has 5 heteroatoms. The molecule has 0 spiro atoms. The fourth-order valence-electron chi connectivity index (χ4n) is 2.76. The standard InChI is InChI=1S/C13H20N4O/c1-18-13-15-11-9-14-8-10(11)12(16-13)17-6-4-2-3-5-7-17/h14H,2-9H2,1H3. The van der Waals surface area contributed by atoms with E-state index >= 15 is 0 Å². The van der Waals surface area contributed by atoms with Gasteiger partial charge in [-0.15, -0.1) is 0 Å². The predicted octanol–water partition coefficient (Wildman–Crippen LogP) is 1.47. The minimum Gasteiger partial charge on any atom is -0.467 e. The number of anilines is 1. The third-order valence-corrected chi connectivity index (χ3v) is 3.73. The molecule has 1 aromatic rings. The Bertz CT molecular complexity index is 427. The van der Waals surface area contributed by atoms with E-state index in [4.69, 9.17) is 4.74 Å². The Hall–Kier alpha value is -1.36. The molecule has 2 aliphatic heterocycles. The highest BCUT2D eigenvalue weighted by Gasteiger charge is 2.23. The third-order valence-electron chi connectivity index (χ3n) is 3.73. The largest absolute Gasteiger partial charge is 0.467 e. The van der Waals surface area contributed by atoms with E-state index in [0.29, 0.717) is 6.01 Å². The topological polar surface area (TPSA) is 50.3 Å². The number of rotatable bonds is 2. The molecule has 0 saturated carbocycles. The minimum absolute atomic E-state index is 0.497. The van der Waals surface area contributed by atoms with Gasteiger partial charge in [0, 0.05) is 31.7 Å². The Morgan fingerprint density at radius 2 is 1.83 bits per heavy atom. The number of methoxy groups -OCH3 is 1. The lowest BCUT2D eigenvalue weighted by atomic mass is 10.2. The fraction of sp³-hybridized carbons (Fsp3) is 0.692. The van der Waals surface area contributed by atoms with Crippen LogP contribution in [0.15, 0.2) is 0 Å². The molecule has 0 bridgehead atoms. The van der Waals surface area contributed by atoms with Crippen molar-refractivity contribution < 1.29 is 4.74 Å². The van der Waals surface area contributed by atoms with E-state index < -0.39 is 0 Å². The van der Waals surface area contributed by atoms with Gasteiger partial charge in [0.05, 0.1) is 12.8 Å². The molecule has 5 nitrogen and oxygen atoms in total. The van der Waals surface area contributed by atoms with Gasteiger partial charge in [0.15, 0.2) is 0 Å². The van der Waals surface area contributed by atoms with Crippen LogP contribution in [0.25, 0.3) is 0 Å². The summed E-state index contributed by atoms with van der Waals surface area (Å²) in [5.41, 5.74) is 2.36. The summed E-state index contributed by atoms with van der Waals surface area (Å²) in [7, 11) is 1.64. The molecule has 3 rings (SSSR count). The lowest BCUT2D eigenvalue weighted by Gasteiger charge is -2.23. The van der Waals surface area contributed by atoms with Crippen LogP contribution in [0.3, 0.4) is 0 Å². The van der Waals surface area contributed by atoms with E-state index in [9.17, 15) is 0 Å². The summed E-state index contributed by atoms with van der Waals surface area (Å²) >= 11 is 0. The molecular formula is C13H20N4O. The normalized spacial score (nSPS) is 19.5. The van der Waals surface area contributed by atoms with Crippen molar-refractivity contribution in [3.05, 3.63) is 11.3 Å². The zero-order chi connectivity index (χ0) is 12.4. The average molecular weight is 248 g/mol. The maximum Gasteiger partial charge on any atom is 0.318 e. The van der Waals surface area contributed by atoms with Crippen molar-refractivity contribution in [2.24, 2.45) is 0 Å². The van der Waals surface area contributed by atoms with Crippen LogP contribution in [0.5, 0.6) is 6.01 Å². The molecule has 0 atom stereocenters. The highest BCUT2D eigenvalue weighted by molar-refractivity contribution is 5.51. The van der Waals surface area contributed by atoms with Crippen LogP contribution in [0.2, 0.25) is 0 Å². The van der Waals surface area contributed by atoms with E-state index in [1.807, 2.05) is 0 Å². The maximum absolute atomic E-state index is 5.23. The van der Waals surface area contributed by atoms with Crippen LogP contribution >= 0.6 is 0 Å². The number of hydrogen-bond acceptors (Lipinski definition) is 5. The Labute approximate surface area is 108 Å². The first-order chi connectivity index (χ1) is 8.88. The van der Waals surface area contributed by atoms with Gasteiger partial charge in [0.25, 0.3) is 0 Å².